The molecule has 94 valence electrons. The fourth-order valence-electron chi connectivity index (χ4n) is 1.51. The highest BCUT2D eigenvalue weighted by Crippen LogP contribution is 2.25. The lowest BCUT2D eigenvalue weighted by Gasteiger charge is -2.14. The molecule has 1 rings (SSSR count). The lowest BCUT2D eigenvalue weighted by atomic mass is 10.1. The normalized spacial score (nSPS) is 13.8. The van der Waals surface area contributed by atoms with Crippen molar-refractivity contribution in [1.82, 2.24) is 5.32 Å². The van der Waals surface area contributed by atoms with Crippen molar-refractivity contribution in [3.05, 3.63) is 38.3 Å². The van der Waals surface area contributed by atoms with Crippen LogP contribution in [0.2, 0.25) is 0 Å². The quantitative estimate of drug-likeness (QED) is 0.778. The van der Waals surface area contributed by atoms with E-state index in [0.29, 0.717) is 6.04 Å². The molecule has 1 nitrogen and oxygen atoms in total. The van der Waals surface area contributed by atoms with Gasteiger partial charge in [0.05, 0.1) is 0 Å². The molecule has 3 heteroatoms. The van der Waals surface area contributed by atoms with Gasteiger partial charge in [-0.25, -0.2) is 0 Å². The predicted octanol–water partition coefficient (Wildman–Crippen LogP) is 5.00. The van der Waals surface area contributed by atoms with Gasteiger partial charge in [-0.05, 0) is 76.4 Å². The molecular formula is C14H19Br2N. The lowest BCUT2D eigenvalue weighted by molar-refractivity contribution is 0.604. The van der Waals surface area contributed by atoms with Gasteiger partial charge in [-0.1, -0.05) is 24.6 Å². The Labute approximate surface area is 121 Å². The first-order valence-corrected chi connectivity index (χ1v) is 7.49. The molecule has 0 aliphatic carbocycles. The third-order valence-corrected chi connectivity index (χ3v) is 4.60. The van der Waals surface area contributed by atoms with Gasteiger partial charge in [0.1, 0.15) is 0 Å². The molecule has 0 aliphatic heterocycles. The van der Waals surface area contributed by atoms with Crippen LogP contribution in [-0.4, -0.2) is 12.6 Å². The molecule has 1 N–H and O–H groups in total. The number of halogens is 2. The van der Waals surface area contributed by atoms with E-state index in [9.17, 15) is 0 Å². The topological polar surface area (TPSA) is 12.0 Å². The van der Waals surface area contributed by atoms with Crippen molar-refractivity contribution in [1.29, 1.82) is 0 Å². The number of nitrogens with one attached hydrogen (secondary N) is 1. The van der Waals surface area contributed by atoms with Gasteiger partial charge in [-0.15, -0.1) is 0 Å². The lowest BCUT2D eigenvalue weighted by Crippen LogP contribution is -2.27. The summed E-state index contributed by atoms with van der Waals surface area (Å²) in [5, 5.41) is 3.49. The first-order chi connectivity index (χ1) is 8.04. The molecule has 0 radical (unpaired) electrons. The second kappa shape index (κ2) is 7.34. The fourth-order valence-corrected chi connectivity index (χ4v) is 2.16. The number of hydrogen-bond donors (Lipinski definition) is 1. The van der Waals surface area contributed by atoms with Crippen molar-refractivity contribution in [2.75, 3.05) is 6.54 Å². The van der Waals surface area contributed by atoms with Gasteiger partial charge in [-0.2, -0.15) is 0 Å². The Hall–Kier alpha value is -0.120. The maximum atomic E-state index is 3.52. The molecule has 0 amide bonds. The van der Waals surface area contributed by atoms with Crippen molar-refractivity contribution < 1.29 is 0 Å². The molecular weight excluding hydrogens is 342 g/mol. The minimum atomic E-state index is 0.428. The number of hydrogen-bond acceptors (Lipinski definition) is 1. The molecule has 1 atom stereocenters. The minimum absolute atomic E-state index is 0.428. The Balaban J connectivity index is 2.76. The second-order valence-corrected chi connectivity index (χ2v) is 5.95. The molecule has 1 unspecified atom stereocenters. The Morgan fingerprint density at radius 1 is 1.35 bits per heavy atom. The van der Waals surface area contributed by atoms with Crippen molar-refractivity contribution in [2.24, 2.45) is 0 Å². The first-order valence-electron chi connectivity index (χ1n) is 5.91. The van der Waals surface area contributed by atoms with Crippen molar-refractivity contribution in [3.8, 4) is 0 Å². The van der Waals surface area contributed by atoms with E-state index in [1.807, 2.05) is 0 Å². The van der Waals surface area contributed by atoms with Crippen LogP contribution in [0.25, 0.3) is 6.08 Å². The summed E-state index contributed by atoms with van der Waals surface area (Å²) in [6.45, 7) is 7.62. The van der Waals surface area contributed by atoms with E-state index in [1.54, 1.807) is 0 Å². The zero-order valence-corrected chi connectivity index (χ0v) is 13.7. The van der Waals surface area contributed by atoms with E-state index in [2.05, 4.69) is 82.2 Å². The molecule has 0 saturated carbocycles. The summed E-state index contributed by atoms with van der Waals surface area (Å²) in [6.07, 6.45) is 3.39. The van der Waals surface area contributed by atoms with Crippen LogP contribution in [-0.2, 0) is 0 Å². The highest BCUT2D eigenvalue weighted by atomic mass is 79.9. The van der Waals surface area contributed by atoms with Crippen molar-refractivity contribution >= 4 is 37.9 Å². The summed E-state index contributed by atoms with van der Waals surface area (Å²) in [6, 6.07) is 6.73. The van der Waals surface area contributed by atoms with Gasteiger partial charge in [0.25, 0.3) is 0 Å². The van der Waals surface area contributed by atoms with Crippen LogP contribution in [0.5, 0.6) is 0 Å². The third kappa shape index (κ3) is 4.94. The maximum absolute atomic E-state index is 3.52. The van der Waals surface area contributed by atoms with E-state index in [-0.39, 0.29) is 0 Å². The average Bonchev–Trinajstić information content (AvgIpc) is 2.30. The molecule has 0 aromatic heterocycles. The highest BCUT2D eigenvalue weighted by Gasteiger charge is 2.03. The van der Waals surface area contributed by atoms with E-state index < -0.39 is 0 Å². The maximum Gasteiger partial charge on any atom is 0.0323 e. The minimum Gasteiger partial charge on any atom is -0.311 e. The molecule has 0 fully saturated rings. The fraction of sp³-hybridized carbons (Fsp3) is 0.429. The molecule has 0 bridgehead atoms. The molecule has 17 heavy (non-hydrogen) atoms. The Kier molecular flexibility index (Phi) is 6.45. The molecule has 0 saturated heterocycles. The molecule has 1 aromatic carbocycles. The highest BCUT2D eigenvalue weighted by molar-refractivity contribution is 9.13. The van der Waals surface area contributed by atoms with E-state index in [1.165, 1.54) is 17.6 Å². The molecule has 1 aromatic rings. The van der Waals surface area contributed by atoms with Crippen LogP contribution in [0, 0.1) is 0 Å². The van der Waals surface area contributed by atoms with Gasteiger partial charge in [0.2, 0.25) is 0 Å². The second-order valence-electron chi connectivity index (χ2n) is 4.24. The van der Waals surface area contributed by atoms with Gasteiger partial charge >= 0.3 is 0 Å². The summed E-state index contributed by atoms with van der Waals surface area (Å²) in [4.78, 5) is 0. The smallest absolute Gasteiger partial charge is 0.0323 e. The standard InChI is InChI=1S/C14H19Br2N/c1-4-7-17-11(3)10(2)8-12-5-6-13(15)14(16)9-12/h5-6,8-9,11,17H,4,7H2,1-3H3/b10-8+. The average molecular weight is 361 g/mol. The molecule has 0 aliphatic rings. The summed E-state index contributed by atoms with van der Waals surface area (Å²) < 4.78 is 2.18. The van der Waals surface area contributed by atoms with E-state index in [4.69, 9.17) is 0 Å². The third-order valence-electron chi connectivity index (χ3n) is 2.72. The van der Waals surface area contributed by atoms with Gasteiger partial charge in [-0.3, -0.25) is 0 Å². The number of benzene rings is 1. The SMILES string of the molecule is CCCNC(C)/C(C)=C/c1ccc(Br)c(Br)c1. The van der Waals surface area contributed by atoms with Crippen LogP contribution >= 0.6 is 31.9 Å². The van der Waals surface area contributed by atoms with Crippen LogP contribution in [0.1, 0.15) is 32.8 Å². The zero-order valence-electron chi connectivity index (χ0n) is 10.6. The predicted molar refractivity (Wildman–Crippen MR) is 83.2 cm³/mol. The summed E-state index contributed by atoms with van der Waals surface area (Å²) >= 11 is 7.00. The van der Waals surface area contributed by atoms with E-state index >= 15 is 0 Å². The zero-order chi connectivity index (χ0) is 12.8. The van der Waals surface area contributed by atoms with Crippen LogP contribution in [0.15, 0.2) is 32.7 Å². The Morgan fingerprint density at radius 2 is 2.06 bits per heavy atom. The van der Waals surface area contributed by atoms with Crippen molar-refractivity contribution in [3.63, 3.8) is 0 Å². The number of rotatable bonds is 5. The Morgan fingerprint density at radius 3 is 2.65 bits per heavy atom. The van der Waals surface area contributed by atoms with Gasteiger partial charge < -0.3 is 5.32 Å². The monoisotopic (exact) mass is 359 g/mol. The van der Waals surface area contributed by atoms with Gasteiger partial charge in [0, 0.05) is 15.0 Å². The summed E-state index contributed by atoms with van der Waals surface area (Å²) in [5.74, 6) is 0. The van der Waals surface area contributed by atoms with Crippen LogP contribution in [0.3, 0.4) is 0 Å². The van der Waals surface area contributed by atoms with E-state index in [0.717, 1.165) is 15.5 Å². The first kappa shape index (κ1) is 14.9. The summed E-state index contributed by atoms with van der Waals surface area (Å²) in [5.41, 5.74) is 2.58. The van der Waals surface area contributed by atoms with Crippen LogP contribution < -0.4 is 5.32 Å². The molecule has 0 spiro atoms. The largest absolute Gasteiger partial charge is 0.311 e. The molecule has 0 heterocycles. The van der Waals surface area contributed by atoms with Crippen LogP contribution in [0.4, 0.5) is 0 Å². The summed E-state index contributed by atoms with van der Waals surface area (Å²) in [7, 11) is 0. The Bertz CT molecular complexity index is 399. The van der Waals surface area contributed by atoms with Gasteiger partial charge in [0.15, 0.2) is 0 Å². The van der Waals surface area contributed by atoms with Crippen molar-refractivity contribution in [2.45, 2.75) is 33.2 Å².